The number of allylic oxidation sites excluding steroid dienone is 8. The third kappa shape index (κ3) is 8.48. The Labute approximate surface area is 164 Å². The van der Waals surface area contributed by atoms with E-state index in [1.807, 2.05) is 0 Å². The molecule has 0 fully saturated rings. The van der Waals surface area contributed by atoms with E-state index in [2.05, 4.69) is 52.0 Å². The first-order chi connectivity index (χ1) is 10.8. The molecule has 0 N–H and O–H groups in total. The quantitative estimate of drug-likeness (QED) is 0.382. The average molecular weight is 390 g/mol. The summed E-state index contributed by atoms with van der Waals surface area (Å²) in [6.45, 7) is 8.92. The van der Waals surface area contributed by atoms with Gasteiger partial charge in [0, 0.05) is 0 Å². The molecule has 0 amide bonds. The molecule has 0 saturated carbocycles. The molecule has 0 aromatic carbocycles. The zero-order valence-electron chi connectivity index (χ0n) is 15.7. The molecule has 0 aliphatic heterocycles. The van der Waals surface area contributed by atoms with Gasteiger partial charge >= 0.3 is 26.2 Å². The summed E-state index contributed by atoms with van der Waals surface area (Å²) in [5.41, 5.74) is 6.07. The average Bonchev–Trinajstić information content (AvgIpc) is 3.19. The van der Waals surface area contributed by atoms with Crippen LogP contribution < -0.4 is 0 Å². The SMILES string of the molecule is CCCCC1=CC[C-]=C1CC.CCCCC1=CC[C-]=C1CC.[Zr+2]. The maximum atomic E-state index is 3.39. The minimum atomic E-state index is 0. The van der Waals surface area contributed by atoms with Crippen molar-refractivity contribution >= 4 is 0 Å². The third-order valence-electron chi connectivity index (χ3n) is 4.41. The van der Waals surface area contributed by atoms with Gasteiger partial charge in [0.2, 0.25) is 0 Å². The van der Waals surface area contributed by atoms with Gasteiger partial charge in [-0.1, -0.05) is 79.1 Å². The van der Waals surface area contributed by atoms with Crippen LogP contribution in [-0.2, 0) is 26.2 Å². The van der Waals surface area contributed by atoms with Gasteiger partial charge in [0.15, 0.2) is 0 Å². The van der Waals surface area contributed by atoms with Crippen LogP contribution in [0, 0.1) is 12.2 Å². The van der Waals surface area contributed by atoms with E-state index in [1.54, 1.807) is 11.1 Å². The van der Waals surface area contributed by atoms with E-state index in [4.69, 9.17) is 0 Å². The summed E-state index contributed by atoms with van der Waals surface area (Å²) in [7, 11) is 0. The topological polar surface area (TPSA) is 0 Å². The van der Waals surface area contributed by atoms with E-state index in [0.29, 0.717) is 0 Å². The van der Waals surface area contributed by atoms with Gasteiger partial charge in [-0.15, -0.1) is 12.8 Å². The number of hydrogen-bond donors (Lipinski definition) is 0. The maximum absolute atomic E-state index is 3.39. The van der Waals surface area contributed by atoms with Crippen molar-refractivity contribution in [1.29, 1.82) is 0 Å². The van der Waals surface area contributed by atoms with Crippen LogP contribution in [0.5, 0.6) is 0 Å². The fraction of sp³-hybridized carbons (Fsp3) is 0.636. The molecule has 0 atom stereocenters. The van der Waals surface area contributed by atoms with E-state index in [0.717, 1.165) is 25.7 Å². The second kappa shape index (κ2) is 14.2. The van der Waals surface area contributed by atoms with E-state index in [1.165, 1.54) is 49.7 Å². The first kappa shape index (κ1) is 22.8. The smallest absolute Gasteiger partial charge is 0.269 e. The molecule has 0 heterocycles. The van der Waals surface area contributed by atoms with Gasteiger partial charge in [0.25, 0.3) is 0 Å². The van der Waals surface area contributed by atoms with Crippen molar-refractivity contribution in [2.24, 2.45) is 0 Å². The van der Waals surface area contributed by atoms with Crippen LogP contribution in [0.15, 0.2) is 34.4 Å². The summed E-state index contributed by atoms with van der Waals surface area (Å²) in [4.78, 5) is 0. The van der Waals surface area contributed by atoms with E-state index in [-0.39, 0.29) is 26.2 Å². The zero-order chi connectivity index (χ0) is 16.2. The summed E-state index contributed by atoms with van der Waals surface area (Å²) in [6.07, 6.45) is 23.7. The van der Waals surface area contributed by atoms with Crippen molar-refractivity contribution in [3.63, 3.8) is 0 Å². The van der Waals surface area contributed by atoms with Crippen LogP contribution >= 0.6 is 0 Å². The molecule has 1 heteroatoms. The van der Waals surface area contributed by atoms with Gasteiger partial charge in [-0.2, -0.15) is 23.3 Å². The van der Waals surface area contributed by atoms with Gasteiger partial charge in [-0.3, -0.25) is 12.2 Å². The largest absolute Gasteiger partial charge is 2.00 e. The molecule has 2 rings (SSSR count). The fourth-order valence-corrected chi connectivity index (χ4v) is 3.01. The molecule has 126 valence electrons. The Hall–Kier alpha value is -0.157. The van der Waals surface area contributed by atoms with Crippen molar-refractivity contribution < 1.29 is 26.2 Å². The van der Waals surface area contributed by atoms with Gasteiger partial charge in [-0.25, -0.2) is 11.1 Å². The normalized spacial score (nSPS) is 15.8. The molecule has 0 aromatic heterocycles. The predicted octanol–water partition coefficient (Wildman–Crippen LogP) is 7.29. The van der Waals surface area contributed by atoms with Gasteiger partial charge in [0.1, 0.15) is 0 Å². The Morgan fingerprint density at radius 3 is 1.43 bits per heavy atom. The summed E-state index contributed by atoms with van der Waals surface area (Å²) >= 11 is 0. The van der Waals surface area contributed by atoms with E-state index in [9.17, 15) is 0 Å². The van der Waals surface area contributed by atoms with Crippen molar-refractivity contribution in [3.8, 4) is 0 Å². The second-order valence-corrected chi connectivity index (χ2v) is 6.09. The predicted molar refractivity (Wildman–Crippen MR) is 98.5 cm³/mol. The Balaban J connectivity index is 0.000000403. The molecule has 2 aliphatic rings. The van der Waals surface area contributed by atoms with Crippen LogP contribution in [0.4, 0.5) is 0 Å². The first-order valence-corrected chi connectivity index (χ1v) is 9.34. The van der Waals surface area contributed by atoms with Crippen LogP contribution in [-0.4, -0.2) is 0 Å². The van der Waals surface area contributed by atoms with E-state index < -0.39 is 0 Å². The van der Waals surface area contributed by atoms with Gasteiger partial charge < -0.3 is 0 Å². The summed E-state index contributed by atoms with van der Waals surface area (Å²) in [6, 6.07) is 0. The molecular weight excluding hydrogens is 355 g/mol. The molecule has 2 aliphatic carbocycles. The van der Waals surface area contributed by atoms with Crippen LogP contribution in [0.3, 0.4) is 0 Å². The summed E-state index contributed by atoms with van der Waals surface area (Å²) in [5, 5.41) is 0. The minimum Gasteiger partial charge on any atom is -0.269 e. The van der Waals surface area contributed by atoms with Crippen molar-refractivity contribution in [2.75, 3.05) is 0 Å². The van der Waals surface area contributed by atoms with E-state index >= 15 is 0 Å². The molecular formula is C22H34Zr. The van der Waals surface area contributed by atoms with Crippen LogP contribution in [0.2, 0.25) is 0 Å². The Morgan fingerprint density at radius 1 is 0.739 bits per heavy atom. The van der Waals surface area contributed by atoms with Gasteiger partial charge in [-0.05, 0) is 0 Å². The molecule has 0 nitrogen and oxygen atoms in total. The third-order valence-corrected chi connectivity index (χ3v) is 4.41. The summed E-state index contributed by atoms with van der Waals surface area (Å²) in [5.74, 6) is 0. The van der Waals surface area contributed by atoms with Crippen molar-refractivity contribution in [1.82, 2.24) is 0 Å². The van der Waals surface area contributed by atoms with Crippen LogP contribution in [0.1, 0.15) is 91.9 Å². The van der Waals surface area contributed by atoms with Crippen LogP contribution in [0.25, 0.3) is 0 Å². The second-order valence-electron chi connectivity index (χ2n) is 6.09. The molecule has 0 spiro atoms. The van der Waals surface area contributed by atoms with Crippen molar-refractivity contribution in [3.05, 3.63) is 46.6 Å². The Morgan fingerprint density at radius 2 is 1.13 bits per heavy atom. The summed E-state index contributed by atoms with van der Waals surface area (Å²) < 4.78 is 0. The number of hydrogen-bond acceptors (Lipinski definition) is 0. The molecule has 0 radical (unpaired) electrons. The molecule has 0 saturated heterocycles. The molecule has 0 aromatic rings. The molecule has 0 unspecified atom stereocenters. The first-order valence-electron chi connectivity index (χ1n) is 9.34. The fourth-order valence-electron chi connectivity index (χ4n) is 3.01. The maximum Gasteiger partial charge on any atom is 2.00 e. The number of rotatable bonds is 8. The minimum absolute atomic E-state index is 0. The Kier molecular flexibility index (Phi) is 14.1. The van der Waals surface area contributed by atoms with Crippen molar-refractivity contribution in [2.45, 2.75) is 91.9 Å². The Bertz CT molecular complexity index is 393. The number of unbranched alkanes of at least 4 members (excludes halogenated alkanes) is 2. The molecule has 0 bridgehead atoms. The standard InChI is InChI=1S/2C11H17.Zr/c2*1-3-5-7-11-9-6-8-10(11)4-2;/h2*9H,3-7H2,1-2H3;/q2*-1;+2. The zero-order valence-corrected chi connectivity index (χ0v) is 18.2. The van der Waals surface area contributed by atoms with Gasteiger partial charge in [0.05, 0.1) is 0 Å². The monoisotopic (exact) mass is 388 g/mol. The molecule has 23 heavy (non-hydrogen) atoms.